The van der Waals surface area contributed by atoms with Gasteiger partial charge >= 0.3 is 11.9 Å². The van der Waals surface area contributed by atoms with Crippen molar-refractivity contribution in [1.82, 2.24) is 0 Å². The SMILES string of the molecule is C.C.C.C.C.C.C.CCOC(=O)CCOCCOCCC(=O)OCC. The van der Waals surface area contributed by atoms with Crippen LogP contribution in [-0.4, -0.2) is 51.6 Å². The zero-order chi connectivity index (χ0) is 13.6. The quantitative estimate of drug-likeness (QED) is 0.357. The van der Waals surface area contributed by atoms with Crippen LogP contribution in [0.2, 0.25) is 0 Å². The highest BCUT2D eigenvalue weighted by Gasteiger charge is 2.02. The largest absolute Gasteiger partial charge is 0.466 e. The minimum Gasteiger partial charge on any atom is -0.466 e. The molecule has 0 N–H and O–H groups in total. The molecule has 25 heavy (non-hydrogen) atoms. The Kier molecular flexibility index (Phi) is 76.2. The highest BCUT2D eigenvalue weighted by molar-refractivity contribution is 5.69. The van der Waals surface area contributed by atoms with E-state index in [1.165, 1.54) is 0 Å². The fourth-order valence-electron chi connectivity index (χ4n) is 1.10. The van der Waals surface area contributed by atoms with Crippen molar-refractivity contribution in [2.24, 2.45) is 0 Å². The number of carbonyl (C=O) groups is 2. The summed E-state index contributed by atoms with van der Waals surface area (Å²) in [6.07, 6.45) is 0.493. The lowest BCUT2D eigenvalue weighted by molar-refractivity contribution is -0.146. The minimum atomic E-state index is -0.263. The number of ether oxygens (including phenoxy) is 4. The Morgan fingerprint density at radius 3 is 1.08 bits per heavy atom. The van der Waals surface area contributed by atoms with Gasteiger partial charge in [-0.2, -0.15) is 0 Å². The van der Waals surface area contributed by atoms with Crippen LogP contribution in [0, 0.1) is 0 Å². The molecule has 0 aromatic carbocycles. The molecule has 0 spiro atoms. The second kappa shape index (κ2) is 38.4. The summed E-state index contributed by atoms with van der Waals surface area (Å²) in [7, 11) is 0. The highest BCUT2D eigenvalue weighted by Crippen LogP contribution is 1.90. The molecule has 0 aliphatic rings. The molecule has 0 unspecified atom stereocenters. The zero-order valence-electron chi connectivity index (χ0n) is 11.1. The van der Waals surface area contributed by atoms with Gasteiger partial charge in [-0.25, -0.2) is 0 Å². The van der Waals surface area contributed by atoms with Crippen LogP contribution in [0.1, 0.15) is 78.7 Å². The van der Waals surface area contributed by atoms with Crippen LogP contribution >= 0.6 is 0 Å². The maximum atomic E-state index is 10.9. The molecule has 0 bridgehead atoms. The Hall–Kier alpha value is -1.14. The van der Waals surface area contributed by atoms with Crippen LogP contribution < -0.4 is 0 Å². The number of esters is 2. The van der Waals surface area contributed by atoms with Gasteiger partial charge in [0.25, 0.3) is 0 Å². The highest BCUT2D eigenvalue weighted by atomic mass is 16.5. The summed E-state index contributed by atoms with van der Waals surface area (Å²) in [4.78, 5) is 21.9. The van der Waals surface area contributed by atoms with E-state index in [0.717, 1.165) is 0 Å². The molecule has 0 aliphatic heterocycles. The Balaban J connectivity index is -0.0000000688. The van der Waals surface area contributed by atoms with E-state index in [1.807, 2.05) is 0 Å². The lowest BCUT2D eigenvalue weighted by Gasteiger charge is -2.05. The summed E-state index contributed by atoms with van der Waals surface area (Å²) in [6.45, 7) is 5.71. The summed E-state index contributed by atoms with van der Waals surface area (Å²) in [5.41, 5.74) is 0. The van der Waals surface area contributed by atoms with E-state index in [2.05, 4.69) is 0 Å². The van der Waals surface area contributed by atoms with Gasteiger partial charge in [0.15, 0.2) is 0 Å². The van der Waals surface area contributed by atoms with E-state index in [9.17, 15) is 9.59 Å². The Labute approximate surface area is 159 Å². The van der Waals surface area contributed by atoms with Gasteiger partial charge in [-0.1, -0.05) is 52.0 Å². The molecule has 0 radical (unpaired) electrons. The minimum absolute atomic E-state index is 0. The Bertz CT molecular complexity index is 208. The average molecular weight is 375 g/mol. The van der Waals surface area contributed by atoms with E-state index in [0.29, 0.717) is 39.6 Å². The molecule has 0 saturated heterocycles. The van der Waals surface area contributed by atoms with Crippen LogP contribution in [0.5, 0.6) is 0 Å². The van der Waals surface area contributed by atoms with Crippen molar-refractivity contribution in [3.05, 3.63) is 0 Å². The topological polar surface area (TPSA) is 71.1 Å². The molecular weight excluding hydrogens is 324 g/mol. The van der Waals surface area contributed by atoms with Gasteiger partial charge in [-0.15, -0.1) is 0 Å². The van der Waals surface area contributed by atoms with Crippen molar-refractivity contribution >= 4 is 11.9 Å². The molecule has 0 rings (SSSR count). The Morgan fingerprint density at radius 1 is 0.560 bits per heavy atom. The molecule has 6 heteroatoms. The van der Waals surface area contributed by atoms with Gasteiger partial charge in [0.05, 0.1) is 52.5 Å². The van der Waals surface area contributed by atoms with Crippen LogP contribution in [0.25, 0.3) is 0 Å². The summed E-state index contributed by atoms with van der Waals surface area (Å²) in [5.74, 6) is -0.526. The third kappa shape index (κ3) is 39.5. The zero-order valence-corrected chi connectivity index (χ0v) is 11.1. The molecule has 0 heterocycles. The summed E-state index contributed by atoms with van der Waals surface area (Å²) in [6, 6.07) is 0. The van der Waals surface area contributed by atoms with E-state index in [4.69, 9.17) is 18.9 Å². The normalized spacial score (nSPS) is 7.28. The smallest absolute Gasteiger partial charge is 0.308 e. The van der Waals surface area contributed by atoms with E-state index < -0.39 is 0 Å². The van der Waals surface area contributed by atoms with E-state index in [1.54, 1.807) is 13.8 Å². The summed E-state index contributed by atoms with van der Waals surface area (Å²) < 4.78 is 19.8. The fraction of sp³-hybridized carbons (Fsp3) is 0.895. The lowest BCUT2D eigenvalue weighted by atomic mass is 10.4. The Morgan fingerprint density at radius 2 is 0.840 bits per heavy atom. The molecule has 0 aliphatic carbocycles. The first-order chi connectivity index (χ1) is 8.70. The summed E-state index contributed by atoms with van der Waals surface area (Å²) in [5, 5.41) is 0. The molecule has 0 fully saturated rings. The average Bonchev–Trinajstić information content (AvgIpc) is 2.33. The number of hydrogen-bond donors (Lipinski definition) is 0. The van der Waals surface area contributed by atoms with Crippen molar-refractivity contribution in [2.45, 2.75) is 78.7 Å². The fourth-order valence-corrected chi connectivity index (χ4v) is 1.10. The predicted molar refractivity (Wildman–Crippen MR) is 111 cm³/mol. The van der Waals surface area contributed by atoms with Gasteiger partial charge in [0.2, 0.25) is 0 Å². The van der Waals surface area contributed by atoms with E-state index >= 15 is 0 Å². The van der Waals surface area contributed by atoms with Crippen LogP contribution in [-0.2, 0) is 28.5 Å². The number of carbonyl (C=O) groups excluding carboxylic acids is 2. The van der Waals surface area contributed by atoms with Gasteiger partial charge in [-0.05, 0) is 13.8 Å². The molecule has 0 saturated carbocycles. The molecule has 0 amide bonds. The lowest BCUT2D eigenvalue weighted by Crippen LogP contribution is -2.12. The molecule has 6 nitrogen and oxygen atoms in total. The van der Waals surface area contributed by atoms with Crippen molar-refractivity contribution in [1.29, 1.82) is 0 Å². The van der Waals surface area contributed by atoms with Gasteiger partial charge in [0, 0.05) is 0 Å². The van der Waals surface area contributed by atoms with Crippen molar-refractivity contribution in [3.8, 4) is 0 Å². The first-order valence-corrected chi connectivity index (χ1v) is 6.17. The van der Waals surface area contributed by atoms with Crippen LogP contribution in [0.4, 0.5) is 0 Å². The standard InChI is InChI=1S/C12H22O6.7CH4/c1-3-17-11(13)5-7-15-9-10-16-8-6-12(14)18-4-2;;;;;;;/h3-10H2,1-2H3;7*1H4. The maximum absolute atomic E-state index is 10.9. The first kappa shape index (κ1) is 49.6. The van der Waals surface area contributed by atoms with Crippen LogP contribution in [0.3, 0.4) is 0 Å². The second-order valence-electron chi connectivity index (χ2n) is 3.33. The monoisotopic (exact) mass is 374 g/mol. The maximum Gasteiger partial charge on any atom is 0.308 e. The van der Waals surface area contributed by atoms with Crippen LogP contribution in [0.15, 0.2) is 0 Å². The third-order valence-corrected chi connectivity index (χ3v) is 1.88. The predicted octanol–water partition coefficient (Wildman–Crippen LogP) is 5.38. The van der Waals surface area contributed by atoms with Gasteiger partial charge in [0.1, 0.15) is 0 Å². The molecule has 0 aromatic rings. The molecular formula is C19H50O6. The molecule has 0 aromatic heterocycles. The van der Waals surface area contributed by atoms with Gasteiger partial charge in [-0.3, -0.25) is 9.59 Å². The van der Waals surface area contributed by atoms with Crippen molar-refractivity contribution < 1.29 is 28.5 Å². The third-order valence-electron chi connectivity index (χ3n) is 1.88. The van der Waals surface area contributed by atoms with Gasteiger partial charge < -0.3 is 18.9 Å². The van der Waals surface area contributed by atoms with Crippen molar-refractivity contribution in [2.75, 3.05) is 39.6 Å². The van der Waals surface area contributed by atoms with Crippen molar-refractivity contribution in [3.63, 3.8) is 0 Å². The molecule has 0 atom stereocenters. The summed E-state index contributed by atoms with van der Waals surface area (Å²) >= 11 is 0. The van der Waals surface area contributed by atoms with E-state index in [-0.39, 0.29) is 76.8 Å². The first-order valence-electron chi connectivity index (χ1n) is 6.17. The number of hydrogen-bond acceptors (Lipinski definition) is 6. The molecule has 162 valence electrons. The number of rotatable bonds is 11. The second-order valence-corrected chi connectivity index (χ2v) is 3.33.